The maximum atomic E-state index is 12.0. The zero-order valence-corrected chi connectivity index (χ0v) is 11.7. The second-order valence-electron chi connectivity index (χ2n) is 3.78. The first-order valence-electron chi connectivity index (χ1n) is 5.50. The number of nitrogens with one attached hydrogen (secondary N) is 1. The van der Waals surface area contributed by atoms with Crippen LogP contribution in [0, 0.1) is 0 Å². The number of hydrogen-bond acceptors (Lipinski definition) is 5. The maximum absolute atomic E-state index is 12.0. The lowest BCUT2D eigenvalue weighted by atomic mass is 10.1. The average molecular weight is 312 g/mol. The summed E-state index contributed by atoms with van der Waals surface area (Å²) in [6, 6.07) is 4.14. The van der Waals surface area contributed by atoms with Crippen LogP contribution >= 0.6 is 22.9 Å². The molecule has 0 radical (unpaired) electrons. The van der Waals surface area contributed by atoms with Crippen molar-refractivity contribution >= 4 is 40.5 Å². The molecule has 20 heavy (non-hydrogen) atoms. The number of hydrogen-bond donors (Lipinski definition) is 3. The van der Waals surface area contributed by atoms with Crippen LogP contribution in [0.5, 0.6) is 0 Å². The van der Waals surface area contributed by atoms with Gasteiger partial charge in [-0.05, 0) is 18.2 Å². The van der Waals surface area contributed by atoms with E-state index in [9.17, 15) is 9.59 Å². The van der Waals surface area contributed by atoms with Gasteiger partial charge in [0.25, 0.3) is 5.91 Å². The number of amides is 1. The van der Waals surface area contributed by atoms with Gasteiger partial charge in [-0.15, -0.1) is 11.3 Å². The number of nitrogens with two attached hydrogens (primary N) is 1. The predicted octanol–water partition coefficient (Wildman–Crippen LogP) is 2.21. The number of carbonyl (C=O) groups is 2. The van der Waals surface area contributed by atoms with E-state index in [2.05, 4.69) is 10.3 Å². The zero-order valence-electron chi connectivity index (χ0n) is 10.1. The molecule has 0 unspecified atom stereocenters. The lowest BCUT2D eigenvalue weighted by molar-refractivity contribution is 0.0698. The SMILES string of the molecule is NCc1nc(C(=O)Nc2cc(Cl)ccc2C(=O)O)cs1. The third-order valence-electron chi connectivity index (χ3n) is 2.42. The van der Waals surface area contributed by atoms with Crippen molar-refractivity contribution in [2.45, 2.75) is 6.54 Å². The Bertz CT molecular complexity index is 672. The molecule has 0 aliphatic heterocycles. The normalized spacial score (nSPS) is 10.3. The molecule has 0 fully saturated rings. The quantitative estimate of drug-likeness (QED) is 0.802. The molecule has 0 saturated carbocycles. The second-order valence-corrected chi connectivity index (χ2v) is 5.16. The van der Waals surface area contributed by atoms with Gasteiger partial charge in [-0.3, -0.25) is 4.79 Å². The topological polar surface area (TPSA) is 105 Å². The van der Waals surface area contributed by atoms with Gasteiger partial charge in [0, 0.05) is 16.9 Å². The highest BCUT2D eigenvalue weighted by molar-refractivity contribution is 7.09. The number of carboxylic acids is 1. The summed E-state index contributed by atoms with van der Waals surface area (Å²) in [4.78, 5) is 27.1. The van der Waals surface area contributed by atoms with E-state index in [1.807, 2.05) is 0 Å². The van der Waals surface area contributed by atoms with E-state index in [1.165, 1.54) is 29.5 Å². The van der Waals surface area contributed by atoms with Crippen LogP contribution in [0.1, 0.15) is 25.9 Å². The summed E-state index contributed by atoms with van der Waals surface area (Å²) >= 11 is 7.07. The van der Waals surface area contributed by atoms with Crippen molar-refractivity contribution in [3.8, 4) is 0 Å². The number of thiazole rings is 1. The Labute approximate surface area is 123 Å². The number of halogens is 1. The first-order chi connectivity index (χ1) is 9.51. The predicted molar refractivity (Wildman–Crippen MR) is 76.4 cm³/mol. The summed E-state index contributed by atoms with van der Waals surface area (Å²) in [5.41, 5.74) is 5.69. The van der Waals surface area contributed by atoms with Crippen LogP contribution in [0.15, 0.2) is 23.6 Å². The van der Waals surface area contributed by atoms with Crippen LogP contribution in [-0.4, -0.2) is 22.0 Å². The van der Waals surface area contributed by atoms with Crippen LogP contribution < -0.4 is 11.1 Å². The fraction of sp³-hybridized carbons (Fsp3) is 0.0833. The fourth-order valence-corrected chi connectivity index (χ4v) is 2.33. The van der Waals surface area contributed by atoms with Crippen molar-refractivity contribution in [1.29, 1.82) is 0 Å². The van der Waals surface area contributed by atoms with Crippen LogP contribution in [0.4, 0.5) is 5.69 Å². The van der Waals surface area contributed by atoms with E-state index < -0.39 is 11.9 Å². The number of nitrogens with zero attached hydrogens (tertiary/aromatic N) is 1. The van der Waals surface area contributed by atoms with Crippen molar-refractivity contribution in [2.24, 2.45) is 5.73 Å². The highest BCUT2D eigenvalue weighted by Gasteiger charge is 2.16. The van der Waals surface area contributed by atoms with Crippen LogP contribution in [-0.2, 0) is 6.54 Å². The summed E-state index contributed by atoms with van der Waals surface area (Å²) in [6.45, 7) is 0.246. The van der Waals surface area contributed by atoms with E-state index >= 15 is 0 Å². The molecule has 0 atom stereocenters. The lowest BCUT2D eigenvalue weighted by Gasteiger charge is -2.07. The Kier molecular flexibility index (Phi) is 4.33. The van der Waals surface area contributed by atoms with Crippen molar-refractivity contribution in [3.63, 3.8) is 0 Å². The highest BCUT2D eigenvalue weighted by Crippen LogP contribution is 2.22. The zero-order chi connectivity index (χ0) is 14.7. The van der Waals surface area contributed by atoms with Gasteiger partial charge in [0.15, 0.2) is 0 Å². The van der Waals surface area contributed by atoms with E-state index in [4.69, 9.17) is 22.4 Å². The number of carbonyl (C=O) groups excluding carboxylic acids is 1. The fourth-order valence-electron chi connectivity index (χ4n) is 1.50. The molecule has 2 aromatic rings. The summed E-state index contributed by atoms with van der Waals surface area (Å²) in [5, 5.41) is 14.1. The number of aromatic nitrogens is 1. The van der Waals surface area contributed by atoms with Gasteiger partial charge in [-0.2, -0.15) is 0 Å². The van der Waals surface area contributed by atoms with Gasteiger partial charge in [-0.25, -0.2) is 9.78 Å². The van der Waals surface area contributed by atoms with Gasteiger partial charge in [-0.1, -0.05) is 11.6 Å². The molecule has 1 heterocycles. The van der Waals surface area contributed by atoms with Gasteiger partial charge < -0.3 is 16.2 Å². The van der Waals surface area contributed by atoms with E-state index in [-0.39, 0.29) is 23.5 Å². The first-order valence-corrected chi connectivity index (χ1v) is 6.75. The summed E-state index contributed by atoms with van der Waals surface area (Å²) < 4.78 is 0. The van der Waals surface area contributed by atoms with Crippen molar-refractivity contribution in [2.75, 3.05) is 5.32 Å². The van der Waals surface area contributed by atoms with Crippen molar-refractivity contribution < 1.29 is 14.7 Å². The summed E-state index contributed by atoms with van der Waals surface area (Å²) in [6.07, 6.45) is 0. The second kappa shape index (κ2) is 6.00. The Morgan fingerprint density at radius 1 is 1.45 bits per heavy atom. The molecule has 4 N–H and O–H groups in total. The molecule has 6 nitrogen and oxygen atoms in total. The minimum Gasteiger partial charge on any atom is -0.478 e. The summed E-state index contributed by atoms with van der Waals surface area (Å²) in [5.74, 6) is -1.66. The Morgan fingerprint density at radius 3 is 2.80 bits per heavy atom. The van der Waals surface area contributed by atoms with E-state index in [0.29, 0.717) is 10.0 Å². The molecule has 1 aromatic heterocycles. The Balaban J connectivity index is 2.27. The molecule has 0 spiro atoms. The minimum absolute atomic E-state index is 0.0444. The van der Waals surface area contributed by atoms with Crippen LogP contribution in [0.2, 0.25) is 5.02 Å². The minimum atomic E-state index is -1.15. The number of anilines is 1. The molecular weight excluding hydrogens is 302 g/mol. The van der Waals surface area contributed by atoms with Gasteiger partial charge in [0.1, 0.15) is 10.7 Å². The van der Waals surface area contributed by atoms with Gasteiger partial charge in [0.2, 0.25) is 0 Å². The monoisotopic (exact) mass is 311 g/mol. The van der Waals surface area contributed by atoms with Crippen LogP contribution in [0.25, 0.3) is 0 Å². The Hall–Kier alpha value is -1.96. The Morgan fingerprint density at radius 2 is 2.20 bits per heavy atom. The number of benzene rings is 1. The molecule has 0 aliphatic carbocycles. The van der Waals surface area contributed by atoms with E-state index in [1.54, 1.807) is 5.38 Å². The third kappa shape index (κ3) is 3.13. The summed E-state index contributed by atoms with van der Waals surface area (Å²) in [7, 11) is 0. The van der Waals surface area contributed by atoms with Crippen LogP contribution in [0.3, 0.4) is 0 Å². The number of aromatic carboxylic acids is 1. The standard InChI is InChI=1S/C12H10ClN3O3S/c13-6-1-2-7(12(18)19)8(3-6)16-11(17)9-5-20-10(4-14)15-9/h1-3,5H,4,14H2,(H,16,17)(H,18,19). The molecule has 2 rings (SSSR count). The molecule has 0 bridgehead atoms. The lowest BCUT2D eigenvalue weighted by Crippen LogP contribution is -2.15. The third-order valence-corrected chi connectivity index (χ3v) is 3.53. The van der Waals surface area contributed by atoms with E-state index in [0.717, 1.165) is 0 Å². The first kappa shape index (κ1) is 14.4. The average Bonchev–Trinajstić information content (AvgIpc) is 2.87. The largest absolute Gasteiger partial charge is 0.478 e. The molecule has 1 amide bonds. The molecule has 1 aromatic carbocycles. The molecule has 0 aliphatic rings. The highest BCUT2D eigenvalue weighted by atomic mass is 35.5. The molecule has 104 valence electrons. The molecule has 8 heteroatoms. The number of carboxylic acid groups (broad SMARTS) is 1. The smallest absolute Gasteiger partial charge is 0.337 e. The molecular formula is C12H10ClN3O3S. The van der Waals surface area contributed by atoms with Gasteiger partial charge in [0.05, 0.1) is 11.3 Å². The maximum Gasteiger partial charge on any atom is 0.337 e. The number of rotatable bonds is 4. The van der Waals surface area contributed by atoms with Gasteiger partial charge >= 0.3 is 5.97 Å². The van der Waals surface area contributed by atoms with Crippen molar-refractivity contribution in [3.05, 3.63) is 44.9 Å². The molecule has 0 saturated heterocycles. The van der Waals surface area contributed by atoms with Crippen molar-refractivity contribution in [1.82, 2.24) is 4.98 Å².